The van der Waals surface area contributed by atoms with Crippen LogP contribution in [0.15, 0.2) is 0 Å². The van der Waals surface area contributed by atoms with Gasteiger partial charge in [-0.3, -0.25) is 0 Å². The molecule has 1 atom stereocenters. The molecule has 0 spiro atoms. The van der Waals surface area contributed by atoms with E-state index in [4.69, 9.17) is 9.72 Å². The lowest BCUT2D eigenvalue weighted by Crippen LogP contribution is -2.26. The van der Waals surface area contributed by atoms with Gasteiger partial charge in [0.1, 0.15) is 0 Å². The summed E-state index contributed by atoms with van der Waals surface area (Å²) in [7, 11) is 2.11. The molecule has 2 rings (SSSR count). The molecule has 1 N–H and O–H groups in total. The molecule has 0 bridgehead atoms. The standard InChI is InChI=1S/C16H29N3OS/c1-5-9-17-13-7-6-8-14-15(13)18-16(21-14)19(4)10-11-20-12(2)3/h12-13,17H,5-11H2,1-4H3. The quantitative estimate of drug-likeness (QED) is 0.798. The van der Waals surface area contributed by atoms with Gasteiger partial charge >= 0.3 is 0 Å². The normalized spacial score (nSPS) is 18.0. The molecule has 1 aromatic rings. The van der Waals surface area contributed by atoms with Crippen LogP contribution >= 0.6 is 11.3 Å². The number of anilines is 1. The van der Waals surface area contributed by atoms with Crippen LogP contribution in [0, 0.1) is 0 Å². The zero-order valence-electron chi connectivity index (χ0n) is 13.8. The van der Waals surface area contributed by atoms with Crippen molar-refractivity contribution in [2.75, 3.05) is 31.6 Å². The maximum atomic E-state index is 5.63. The largest absolute Gasteiger partial charge is 0.377 e. The summed E-state index contributed by atoms with van der Waals surface area (Å²) in [5.41, 5.74) is 1.30. The van der Waals surface area contributed by atoms with E-state index in [1.165, 1.54) is 36.3 Å². The zero-order chi connectivity index (χ0) is 15.2. The number of rotatable bonds is 8. The molecule has 0 aromatic carbocycles. The SMILES string of the molecule is CCCNC1CCCc2sc(N(C)CCOC(C)C)nc21. The molecule has 4 nitrogen and oxygen atoms in total. The van der Waals surface area contributed by atoms with Crippen molar-refractivity contribution in [3.8, 4) is 0 Å². The fourth-order valence-corrected chi connectivity index (χ4v) is 3.76. The first-order valence-corrected chi connectivity index (χ1v) is 8.99. The van der Waals surface area contributed by atoms with E-state index >= 15 is 0 Å². The fourth-order valence-electron chi connectivity index (χ4n) is 2.61. The molecule has 0 fully saturated rings. The molecule has 5 heteroatoms. The van der Waals surface area contributed by atoms with E-state index in [9.17, 15) is 0 Å². The average Bonchev–Trinajstić information content (AvgIpc) is 2.89. The molecule has 0 saturated heterocycles. The highest BCUT2D eigenvalue weighted by Crippen LogP contribution is 2.36. The van der Waals surface area contributed by atoms with Gasteiger partial charge < -0.3 is 15.0 Å². The van der Waals surface area contributed by atoms with E-state index in [2.05, 4.69) is 38.0 Å². The fraction of sp³-hybridized carbons (Fsp3) is 0.812. The predicted molar refractivity (Wildman–Crippen MR) is 90.4 cm³/mol. The number of likely N-dealkylation sites (N-methyl/N-ethyl adjacent to an activating group) is 1. The highest BCUT2D eigenvalue weighted by atomic mass is 32.1. The predicted octanol–water partition coefficient (Wildman–Crippen LogP) is 3.38. The van der Waals surface area contributed by atoms with Crippen LogP contribution in [-0.2, 0) is 11.2 Å². The number of nitrogens with zero attached hydrogens (tertiary/aromatic N) is 2. The minimum absolute atomic E-state index is 0.297. The Morgan fingerprint density at radius 2 is 2.29 bits per heavy atom. The lowest BCUT2D eigenvalue weighted by molar-refractivity contribution is 0.0846. The maximum absolute atomic E-state index is 5.63. The zero-order valence-corrected chi connectivity index (χ0v) is 14.6. The molecule has 1 heterocycles. The number of fused-ring (bicyclic) bond motifs is 1. The molecular formula is C16H29N3OS. The van der Waals surface area contributed by atoms with E-state index in [0.29, 0.717) is 12.1 Å². The Morgan fingerprint density at radius 1 is 1.48 bits per heavy atom. The summed E-state index contributed by atoms with van der Waals surface area (Å²) in [5, 5.41) is 4.78. The van der Waals surface area contributed by atoms with E-state index in [0.717, 1.165) is 24.8 Å². The monoisotopic (exact) mass is 311 g/mol. The van der Waals surface area contributed by atoms with Crippen LogP contribution in [0.25, 0.3) is 0 Å². The van der Waals surface area contributed by atoms with Crippen LogP contribution in [0.4, 0.5) is 5.13 Å². The number of hydrogen-bond donors (Lipinski definition) is 1. The molecular weight excluding hydrogens is 282 g/mol. The van der Waals surface area contributed by atoms with Crippen molar-refractivity contribution in [2.24, 2.45) is 0 Å². The van der Waals surface area contributed by atoms with E-state index in [1.807, 2.05) is 11.3 Å². The van der Waals surface area contributed by atoms with Gasteiger partial charge in [-0.25, -0.2) is 4.98 Å². The van der Waals surface area contributed by atoms with E-state index in [-0.39, 0.29) is 0 Å². The van der Waals surface area contributed by atoms with Crippen molar-refractivity contribution >= 4 is 16.5 Å². The molecule has 120 valence electrons. The molecule has 1 aromatic heterocycles. The Morgan fingerprint density at radius 3 is 3.00 bits per heavy atom. The molecule has 1 aliphatic carbocycles. The van der Waals surface area contributed by atoms with E-state index < -0.39 is 0 Å². The molecule has 0 aliphatic heterocycles. The third-order valence-corrected chi connectivity index (χ3v) is 5.03. The van der Waals surface area contributed by atoms with Crippen molar-refractivity contribution in [1.82, 2.24) is 10.3 Å². The second-order valence-electron chi connectivity index (χ2n) is 6.04. The number of hydrogen-bond acceptors (Lipinski definition) is 5. The van der Waals surface area contributed by atoms with Gasteiger partial charge in [0.25, 0.3) is 0 Å². The van der Waals surface area contributed by atoms with Crippen LogP contribution in [0.5, 0.6) is 0 Å². The van der Waals surface area contributed by atoms with Gasteiger partial charge in [-0.1, -0.05) is 6.92 Å². The second-order valence-corrected chi connectivity index (χ2v) is 7.11. The lowest BCUT2D eigenvalue weighted by Gasteiger charge is -2.22. The lowest BCUT2D eigenvalue weighted by atomic mass is 9.97. The Kier molecular flexibility index (Phi) is 6.45. The minimum atomic E-state index is 0.297. The third-order valence-electron chi connectivity index (χ3n) is 3.79. The Hall–Kier alpha value is -0.650. The summed E-state index contributed by atoms with van der Waals surface area (Å²) in [4.78, 5) is 8.61. The average molecular weight is 311 g/mol. The first-order chi connectivity index (χ1) is 10.1. The van der Waals surface area contributed by atoms with Gasteiger partial charge in [0.2, 0.25) is 0 Å². The van der Waals surface area contributed by atoms with Gasteiger partial charge in [0.15, 0.2) is 5.13 Å². The summed E-state index contributed by atoms with van der Waals surface area (Å²) >= 11 is 1.86. The van der Waals surface area contributed by atoms with Gasteiger partial charge in [-0.2, -0.15) is 0 Å². The van der Waals surface area contributed by atoms with Crippen molar-refractivity contribution < 1.29 is 4.74 Å². The first kappa shape index (κ1) is 16.7. The van der Waals surface area contributed by atoms with Crippen molar-refractivity contribution in [3.63, 3.8) is 0 Å². The summed E-state index contributed by atoms with van der Waals surface area (Å²) in [6.07, 6.45) is 5.15. The molecule has 21 heavy (non-hydrogen) atoms. The number of thiazole rings is 1. The van der Waals surface area contributed by atoms with E-state index in [1.54, 1.807) is 0 Å². The number of aryl methyl sites for hydroxylation is 1. The third kappa shape index (κ3) is 4.66. The Balaban J connectivity index is 1.97. The minimum Gasteiger partial charge on any atom is -0.377 e. The van der Waals surface area contributed by atoms with Crippen LogP contribution < -0.4 is 10.2 Å². The summed E-state index contributed by atoms with van der Waals surface area (Å²) in [5.74, 6) is 0. The maximum Gasteiger partial charge on any atom is 0.185 e. The summed E-state index contributed by atoms with van der Waals surface area (Å²) in [6.45, 7) is 9.10. The molecule has 1 aliphatic rings. The Bertz CT molecular complexity index is 433. The van der Waals surface area contributed by atoms with Gasteiger partial charge in [0.05, 0.1) is 24.4 Å². The van der Waals surface area contributed by atoms with Crippen molar-refractivity contribution in [1.29, 1.82) is 0 Å². The highest BCUT2D eigenvalue weighted by molar-refractivity contribution is 7.15. The molecule has 0 radical (unpaired) electrons. The van der Waals surface area contributed by atoms with Gasteiger partial charge in [-0.05, 0) is 46.1 Å². The number of ether oxygens (including phenoxy) is 1. The molecule has 0 saturated carbocycles. The summed E-state index contributed by atoms with van der Waals surface area (Å²) < 4.78 is 5.63. The van der Waals surface area contributed by atoms with Crippen LogP contribution in [0.1, 0.15) is 56.6 Å². The second kappa shape index (κ2) is 8.11. The van der Waals surface area contributed by atoms with Crippen molar-refractivity contribution in [3.05, 3.63) is 10.6 Å². The number of nitrogens with one attached hydrogen (secondary N) is 1. The highest BCUT2D eigenvalue weighted by Gasteiger charge is 2.25. The van der Waals surface area contributed by atoms with Crippen LogP contribution in [0.2, 0.25) is 0 Å². The van der Waals surface area contributed by atoms with Gasteiger partial charge in [0, 0.05) is 18.5 Å². The first-order valence-electron chi connectivity index (χ1n) is 8.17. The summed E-state index contributed by atoms with van der Waals surface area (Å²) in [6, 6.07) is 0.457. The van der Waals surface area contributed by atoms with Gasteiger partial charge in [-0.15, -0.1) is 11.3 Å². The van der Waals surface area contributed by atoms with Crippen molar-refractivity contribution in [2.45, 2.75) is 58.6 Å². The van der Waals surface area contributed by atoms with Crippen LogP contribution in [0.3, 0.4) is 0 Å². The molecule has 1 unspecified atom stereocenters. The van der Waals surface area contributed by atoms with Crippen LogP contribution in [-0.4, -0.2) is 37.8 Å². The Labute approximate surface area is 132 Å². The topological polar surface area (TPSA) is 37.4 Å². The molecule has 0 amide bonds. The number of aromatic nitrogens is 1. The smallest absolute Gasteiger partial charge is 0.185 e.